The second kappa shape index (κ2) is 7.08. The highest BCUT2D eigenvalue weighted by molar-refractivity contribution is 5.92. The molecular formula is C15H18F2N4O2. The number of hydrogen-bond donors (Lipinski definition) is 2. The summed E-state index contributed by atoms with van der Waals surface area (Å²) in [5.41, 5.74) is 1.66. The molecule has 124 valence electrons. The van der Waals surface area contributed by atoms with Gasteiger partial charge in [0, 0.05) is 18.8 Å². The molecule has 0 radical (unpaired) electrons. The van der Waals surface area contributed by atoms with Gasteiger partial charge in [-0.15, -0.1) is 0 Å². The molecule has 8 heteroatoms. The average molecular weight is 324 g/mol. The van der Waals surface area contributed by atoms with Crippen LogP contribution in [0.2, 0.25) is 0 Å². The first-order chi connectivity index (χ1) is 10.9. The Hall–Kier alpha value is -2.64. The Kier molecular flexibility index (Phi) is 5.15. The van der Waals surface area contributed by atoms with E-state index in [2.05, 4.69) is 20.5 Å². The van der Waals surface area contributed by atoms with Gasteiger partial charge in [0.15, 0.2) is 0 Å². The molecular weight excluding hydrogens is 306 g/mol. The smallest absolute Gasteiger partial charge is 0.387 e. The van der Waals surface area contributed by atoms with Crippen LogP contribution in [-0.4, -0.2) is 22.4 Å². The fraction of sp³-hybridized carbons (Fsp3) is 0.333. The van der Waals surface area contributed by atoms with E-state index in [1.54, 1.807) is 50.1 Å². The third kappa shape index (κ3) is 4.41. The predicted octanol–water partition coefficient (Wildman–Crippen LogP) is 3.21. The van der Waals surface area contributed by atoms with E-state index in [-0.39, 0.29) is 17.5 Å². The van der Waals surface area contributed by atoms with Crippen molar-refractivity contribution in [3.63, 3.8) is 0 Å². The third-order valence-corrected chi connectivity index (χ3v) is 3.26. The second-order valence-electron chi connectivity index (χ2n) is 5.09. The predicted molar refractivity (Wildman–Crippen MR) is 81.6 cm³/mol. The van der Waals surface area contributed by atoms with Crippen molar-refractivity contribution < 1.29 is 18.3 Å². The van der Waals surface area contributed by atoms with E-state index in [0.29, 0.717) is 5.56 Å². The molecule has 2 amide bonds. The minimum atomic E-state index is -2.96. The van der Waals surface area contributed by atoms with Gasteiger partial charge in [-0.1, -0.05) is 12.1 Å². The minimum absolute atomic E-state index is 0.0795. The zero-order chi connectivity index (χ0) is 17.0. The first-order valence-corrected chi connectivity index (χ1v) is 6.97. The number of halogens is 2. The lowest BCUT2D eigenvalue weighted by Gasteiger charge is -2.17. The molecule has 0 aliphatic heterocycles. The number of amides is 2. The topological polar surface area (TPSA) is 68.2 Å². The highest BCUT2D eigenvalue weighted by Gasteiger charge is 2.16. The molecule has 1 aromatic carbocycles. The number of ether oxygens (including phenoxy) is 1. The summed E-state index contributed by atoms with van der Waals surface area (Å²) in [5.74, 6) is -0.0795. The van der Waals surface area contributed by atoms with Crippen molar-refractivity contribution in [3.8, 4) is 5.75 Å². The number of nitrogens with one attached hydrogen (secondary N) is 2. The van der Waals surface area contributed by atoms with Crippen LogP contribution in [0.4, 0.5) is 19.3 Å². The molecule has 1 heterocycles. The maximum absolute atomic E-state index is 12.4. The van der Waals surface area contributed by atoms with Gasteiger partial charge in [-0.3, -0.25) is 4.68 Å². The van der Waals surface area contributed by atoms with Gasteiger partial charge in [0.05, 0.1) is 17.9 Å². The van der Waals surface area contributed by atoms with Crippen molar-refractivity contribution in [1.82, 2.24) is 15.1 Å². The minimum Gasteiger partial charge on any atom is -0.433 e. The first-order valence-electron chi connectivity index (χ1n) is 6.97. The summed E-state index contributed by atoms with van der Waals surface area (Å²) >= 11 is 0. The molecule has 2 aromatic rings. The number of aromatic nitrogens is 2. The normalized spacial score (nSPS) is 12.1. The monoisotopic (exact) mass is 324 g/mol. The molecule has 2 N–H and O–H groups in total. The lowest BCUT2D eigenvalue weighted by molar-refractivity contribution is -0.0493. The number of benzene rings is 1. The van der Waals surface area contributed by atoms with Crippen LogP contribution in [0.1, 0.15) is 24.1 Å². The van der Waals surface area contributed by atoms with Gasteiger partial charge in [-0.2, -0.15) is 13.9 Å². The number of aryl methyl sites for hydroxylation is 2. The van der Waals surface area contributed by atoms with Crippen LogP contribution in [0.15, 0.2) is 30.6 Å². The van der Waals surface area contributed by atoms with Crippen molar-refractivity contribution in [2.24, 2.45) is 7.05 Å². The first kappa shape index (κ1) is 16.7. The highest BCUT2D eigenvalue weighted by atomic mass is 19.3. The summed E-state index contributed by atoms with van der Waals surface area (Å²) < 4.78 is 30.9. The maximum Gasteiger partial charge on any atom is 0.387 e. The van der Waals surface area contributed by atoms with Crippen LogP contribution in [0.25, 0.3) is 0 Å². The number of hydrogen-bond acceptors (Lipinski definition) is 3. The molecule has 0 aliphatic carbocycles. The fourth-order valence-electron chi connectivity index (χ4n) is 2.09. The van der Waals surface area contributed by atoms with E-state index in [9.17, 15) is 13.6 Å². The Bertz CT molecular complexity index is 688. The molecule has 1 atom stereocenters. The van der Waals surface area contributed by atoms with Gasteiger partial charge in [0.2, 0.25) is 0 Å². The van der Waals surface area contributed by atoms with E-state index < -0.39 is 12.6 Å². The molecule has 23 heavy (non-hydrogen) atoms. The maximum atomic E-state index is 12.4. The Balaban J connectivity index is 2.08. The SMILES string of the molecule is Cc1cccc(OC(F)F)c1NC(=O)N[C@H](C)c1cnn(C)c1. The zero-order valence-corrected chi connectivity index (χ0v) is 13.0. The molecule has 0 aliphatic rings. The number of alkyl halides is 2. The van der Waals surface area contributed by atoms with Crippen LogP contribution < -0.4 is 15.4 Å². The lowest BCUT2D eigenvalue weighted by Crippen LogP contribution is -2.31. The molecule has 0 bridgehead atoms. The van der Waals surface area contributed by atoms with Crippen LogP contribution in [0, 0.1) is 6.92 Å². The zero-order valence-electron chi connectivity index (χ0n) is 13.0. The summed E-state index contributed by atoms with van der Waals surface area (Å²) in [7, 11) is 1.78. The summed E-state index contributed by atoms with van der Waals surface area (Å²) in [6.45, 7) is 0.526. The number of anilines is 1. The summed E-state index contributed by atoms with van der Waals surface area (Å²) in [6.07, 6.45) is 3.42. The Morgan fingerprint density at radius 3 is 2.74 bits per heavy atom. The van der Waals surface area contributed by atoms with Gasteiger partial charge in [-0.25, -0.2) is 4.79 Å². The van der Waals surface area contributed by atoms with Crippen LogP contribution in [0.5, 0.6) is 5.75 Å². The second-order valence-corrected chi connectivity index (χ2v) is 5.09. The quantitative estimate of drug-likeness (QED) is 0.887. The van der Waals surface area contributed by atoms with Crippen molar-refractivity contribution in [1.29, 1.82) is 0 Å². The number of carbonyl (C=O) groups excluding carboxylic acids is 1. The molecule has 0 fully saturated rings. The Morgan fingerprint density at radius 2 is 2.13 bits per heavy atom. The number of para-hydroxylation sites is 1. The molecule has 0 unspecified atom stereocenters. The Morgan fingerprint density at radius 1 is 1.39 bits per heavy atom. The van der Waals surface area contributed by atoms with E-state index in [0.717, 1.165) is 5.56 Å². The summed E-state index contributed by atoms with van der Waals surface area (Å²) in [4.78, 5) is 12.1. The number of urea groups is 1. The largest absolute Gasteiger partial charge is 0.433 e. The fourth-order valence-corrected chi connectivity index (χ4v) is 2.09. The van der Waals surface area contributed by atoms with Crippen LogP contribution in [0.3, 0.4) is 0 Å². The molecule has 1 aromatic heterocycles. The molecule has 0 spiro atoms. The third-order valence-electron chi connectivity index (χ3n) is 3.26. The molecule has 2 rings (SSSR count). The van der Waals surface area contributed by atoms with Gasteiger partial charge >= 0.3 is 12.6 Å². The van der Waals surface area contributed by atoms with Gasteiger partial charge in [0.1, 0.15) is 5.75 Å². The van der Waals surface area contributed by atoms with Crippen molar-refractivity contribution >= 4 is 11.7 Å². The van der Waals surface area contributed by atoms with Crippen molar-refractivity contribution in [3.05, 3.63) is 41.7 Å². The van der Waals surface area contributed by atoms with Crippen LogP contribution in [-0.2, 0) is 7.05 Å². The van der Waals surface area contributed by atoms with E-state index in [1.165, 1.54) is 6.07 Å². The van der Waals surface area contributed by atoms with Crippen LogP contribution >= 0.6 is 0 Å². The molecule has 6 nitrogen and oxygen atoms in total. The van der Waals surface area contributed by atoms with Crippen molar-refractivity contribution in [2.75, 3.05) is 5.32 Å². The van der Waals surface area contributed by atoms with E-state index in [1.807, 2.05) is 0 Å². The number of carbonyl (C=O) groups is 1. The standard InChI is InChI=1S/C15H18F2N4O2/c1-9-5-4-6-12(23-14(16)17)13(9)20-15(22)19-10(2)11-7-18-21(3)8-11/h4-8,10,14H,1-3H3,(H2,19,20,22)/t10-/m1/s1. The van der Waals surface area contributed by atoms with E-state index in [4.69, 9.17) is 0 Å². The average Bonchev–Trinajstić information content (AvgIpc) is 2.89. The van der Waals surface area contributed by atoms with Gasteiger partial charge in [-0.05, 0) is 25.5 Å². The van der Waals surface area contributed by atoms with Gasteiger partial charge < -0.3 is 15.4 Å². The summed E-state index contributed by atoms with van der Waals surface area (Å²) in [5, 5.41) is 9.31. The number of rotatable bonds is 5. The molecule has 0 saturated carbocycles. The van der Waals surface area contributed by atoms with Crippen molar-refractivity contribution in [2.45, 2.75) is 26.5 Å². The van der Waals surface area contributed by atoms with Gasteiger partial charge in [0.25, 0.3) is 0 Å². The number of nitrogens with zero attached hydrogens (tertiary/aromatic N) is 2. The summed E-state index contributed by atoms with van der Waals surface area (Å²) in [6, 6.07) is 3.84. The molecule has 0 saturated heterocycles. The lowest BCUT2D eigenvalue weighted by atomic mass is 10.2. The van der Waals surface area contributed by atoms with E-state index >= 15 is 0 Å². The Labute approximate surface area is 132 Å². The highest BCUT2D eigenvalue weighted by Crippen LogP contribution is 2.29.